The first kappa shape index (κ1) is 16.9. The standard InChI is InChI=1S/C15H9F2N7O2S/c16-12(17)11-5-27-15(22-11)23-14(25)10-1-8(4-24-13(10)20-7-21-24)26-9-2-18-6-19-3-9/h1-7,12H,(H,22,23,25). The van der Waals surface area contributed by atoms with Crippen molar-refractivity contribution in [2.75, 3.05) is 5.32 Å². The van der Waals surface area contributed by atoms with E-state index in [1.54, 1.807) is 0 Å². The summed E-state index contributed by atoms with van der Waals surface area (Å²) >= 11 is 0.901. The summed E-state index contributed by atoms with van der Waals surface area (Å²) in [4.78, 5) is 28.0. The predicted octanol–water partition coefficient (Wildman–Crippen LogP) is 2.96. The number of pyridine rings is 1. The van der Waals surface area contributed by atoms with E-state index in [0.29, 0.717) is 11.5 Å². The molecule has 0 aliphatic rings. The summed E-state index contributed by atoms with van der Waals surface area (Å²) < 4.78 is 32.3. The monoisotopic (exact) mass is 389 g/mol. The van der Waals surface area contributed by atoms with Crippen molar-refractivity contribution in [3.05, 3.63) is 53.9 Å². The summed E-state index contributed by atoms with van der Waals surface area (Å²) in [7, 11) is 0. The topological polar surface area (TPSA) is 107 Å². The first-order chi connectivity index (χ1) is 13.1. The molecule has 4 rings (SSSR count). The molecular formula is C15H9F2N7O2S. The van der Waals surface area contributed by atoms with Gasteiger partial charge in [0.2, 0.25) is 0 Å². The second kappa shape index (κ2) is 6.99. The van der Waals surface area contributed by atoms with Crippen LogP contribution in [-0.4, -0.2) is 35.5 Å². The maximum absolute atomic E-state index is 12.7. The molecule has 0 atom stereocenters. The molecule has 12 heteroatoms. The lowest BCUT2D eigenvalue weighted by Gasteiger charge is -2.08. The van der Waals surface area contributed by atoms with Crippen molar-refractivity contribution in [1.82, 2.24) is 29.5 Å². The van der Waals surface area contributed by atoms with Crippen molar-refractivity contribution < 1.29 is 18.3 Å². The smallest absolute Gasteiger partial charge is 0.281 e. The lowest BCUT2D eigenvalue weighted by atomic mass is 10.2. The van der Waals surface area contributed by atoms with Crippen LogP contribution in [0.25, 0.3) is 5.65 Å². The summed E-state index contributed by atoms with van der Waals surface area (Å²) in [6.45, 7) is 0. The molecule has 0 aliphatic carbocycles. The van der Waals surface area contributed by atoms with Crippen molar-refractivity contribution in [3.8, 4) is 11.5 Å². The molecule has 0 bridgehead atoms. The van der Waals surface area contributed by atoms with Crippen LogP contribution in [0.2, 0.25) is 0 Å². The van der Waals surface area contributed by atoms with Crippen LogP contribution < -0.4 is 10.1 Å². The minimum atomic E-state index is -2.71. The third-order valence-electron chi connectivity index (χ3n) is 3.33. The number of nitrogens with one attached hydrogen (secondary N) is 1. The zero-order valence-electron chi connectivity index (χ0n) is 13.3. The van der Waals surface area contributed by atoms with Crippen molar-refractivity contribution >= 4 is 28.0 Å². The molecule has 0 saturated carbocycles. The number of ether oxygens (including phenoxy) is 1. The Morgan fingerprint density at radius 1 is 1.22 bits per heavy atom. The summed E-state index contributed by atoms with van der Waals surface area (Å²) in [5.74, 6) is 0.0723. The van der Waals surface area contributed by atoms with Gasteiger partial charge in [-0.05, 0) is 6.07 Å². The largest absolute Gasteiger partial charge is 0.452 e. The number of hydrogen-bond acceptors (Lipinski definition) is 8. The zero-order chi connectivity index (χ0) is 18.8. The number of halogens is 2. The molecule has 0 aliphatic heterocycles. The number of nitrogens with zero attached hydrogens (tertiary/aromatic N) is 6. The molecule has 0 aromatic carbocycles. The fraction of sp³-hybridized carbons (Fsp3) is 0.0667. The number of alkyl halides is 2. The molecule has 1 N–H and O–H groups in total. The molecule has 0 spiro atoms. The normalized spacial score (nSPS) is 11.1. The average Bonchev–Trinajstić information content (AvgIpc) is 3.31. The van der Waals surface area contributed by atoms with E-state index in [-0.39, 0.29) is 16.3 Å². The fourth-order valence-electron chi connectivity index (χ4n) is 2.21. The van der Waals surface area contributed by atoms with Gasteiger partial charge in [-0.2, -0.15) is 5.10 Å². The predicted molar refractivity (Wildman–Crippen MR) is 90.1 cm³/mol. The summed E-state index contributed by atoms with van der Waals surface area (Å²) in [6, 6.07) is 1.45. The molecule has 9 nitrogen and oxygen atoms in total. The van der Waals surface area contributed by atoms with Gasteiger partial charge in [0.05, 0.1) is 24.2 Å². The fourth-order valence-corrected chi connectivity index (χ4v) is 2.91. The number of rotatable bonds is 5. The molecule has 4 aromatic rings. The van der Waals surface area contributed by atoms with Crippen LogP contribution in [0.15, 0.2) is 42.7 Å². The van der Waals surface area contributed by atoms with Gasteiger partial charge >= 0.3 is 0 Å². The molecule has 4 heterocycles. The van der Waals surface area contributed by atoms with Gasteiger partial charge in [0, 0.05) is 5.38 Å². The maximum atomic E-state index is 12.7. The van der Waals surface area contributed by atoms with Crippen molar-refractivity contribution in [2.24, 2.45) is 0 Å². The molecule has 0 fully saturated rings. The number of amides is 1. The highest BCUT2D eigenvalue weighted by Crippen LogP contribution is 2.26. The average molecular weight is 389 g/mol. The van der Waals surface area contributed by atoms with Crippen LogP contribution in [0.4, 0.5) is 13.9 Å². The Kier molecular flexibility index (Phi) is 4.38. The Morgan fingerprint density at radius 2 is 2.04 bits per heavy atom. The van der Waals surface area contributed by atoms with Crippen LogP contribution in [0, 0.1) is 0 Å². The summed E-state index contributed by atoms with van der Waals surface area (Å²) in [5, 5.41) is 7.71. The Bertz CT molecular complexity index is 1100. The highest BCUT2D eigenvalue weighted by atomic mass is 32.1. The number of hydrogen-bond donors (Lipinski definition) is 1. The van der Waals surface area contributed by atoms with E-state index in [1.165, 1.54) is 47.2 Å². The molecule has 4 aromatic heterocycles. The molecular weight excluding hydrogens is 380 g/mol. The van der Waals surface area contributed by atoms with Crippen LogP contribution >= 0.6 is 11.3 Å². The van der Waals surface area contributed by atoms with Gasteiger partial charge < -0.3 is 4.74 Å². The molecule has 1 amide bonds. The molecule has 27 heavy (non-hydrogen) atoms. The number of thiazole rings is 1. The Labute approximate surface area is 153 Å². The van der Waals surface area contributed by atoms with E-state index >= 15 is 0 Å². The highest BCUT2D eigenvalue weighted by molar-refractivity contribution is 7.14. The second-order valence-corrected chi connectivity index (χ2v) is 5.98. The highest BCUT2D eigenvalue weighted by Gasteiger charge is 2.18. The summed E-state index contributed by atoms with van der Waals surface area (Å²) in [6.07, 6.45) is 4.37. The maximum Gasteiger partial charge on any atom is 0.281 e. The number of aromatic nitrogens is 6. The minimum Gasteiger partial charge on any atom is -0.452 e. The van der Waals surface area contributed by atoms with Crippen molar-refractivity contribution in [1.29, 1.82) is 0 Å². The van der Waals surface area contributed by atoms with Crippen LogP contribution in [0.3, 0.4) is 0 Å². The number of anilines is 1. The Morgan fingerprint density at radius 3 is 2.78 bits per heavy atom. The van der Waals surface area contributed by atoms with E-state index in [1.807, 2.05) is 0 Å². The quantitative estimate of drug-likeness (QED) is 0.559. The molecule has 0 radical (unpaired) electrons. The third-order valence-corrected chi connectivity index (χ3v) is 4.11. The SMILES string of the molecule is O=C(Nc1nc(C(F)F)cs1)c1cc(Oc2cncnc2)cn2ncnc12. The number of carbonyl (C=O) groups excluding carboxylic acids is 1. The van der Waals surface area contributed by atoms with Crippen molar-refractivity contribution in [3.63, 3.8) is 0 Å². The Hall–Kier alpha value is -3.54. The van der Waals surface area contributed by atoms with Gasteiger partial charge in [0.1, 0.15) is 24.1 Å². The van der Waals surface area contributed by atoms with Crippen molar-refractivity contribution in [2.45, 2.75) is 6.43 Å². The van der Waals surface area contributed by atoms with Crippen LogP contribution in [-0.2, 0) is 0 Å². The molecule has 136 valence electrons. The van der Waals surface area contributed by atoms with Gasteiger partial charge in [0.25, 0.3) is 12.3 Å². The van der Waals surface area contributed by atoms with E-state index in [9.17, 15) is 13.6 Å². The molecule has 0 unspecified atom stereocenters. The minimum absolute atomic E-state index is 0.0516. The van der Waals surface area contributed by atoms with Crippen LogP contribution in [0.5, 0.6) is 11.5 Å². The first-order valence-electron chi connectivity index (χ1n) is 7.41. The summed E-state index contributed by atoms with van der Waals surface area (Å²) in [5.41, 5.74) is 0.00883. The van der Waals surface area contributed by atoms with Crippen LogP contribution in [0.1, 0.15) is 22.5 Å². The van der Waals surface area contributed by atoms with Gasteiger partial charge in [-0.15, -0.1) is 11.3 Å². The van der Waals surface area contributed by atoms with E-state index in [2.05, 4.69) is 30.4 Å². The lowest BCUT2D eigenvalue weighted by Crippen LogP contribution is -2.14. The molecule has 0 saturated heterocycles. The zero-order valence-corrected chi connectivity index (χ0v) is 14.1. The van der Waals surface area contributed by atoms with Gasteiger partial charge in [0.15, 0.2) is 16.5 Å². The van der Waals surface area contributed by atoms with Gasteiger partial charge in [-0.3, -0.25) is 10.1 Å². The first-order valence-corrected chi connectivity index (χ1v) is 8.29. The van der Waals surface area contributed by atoms with Gasteiger partial charge in [-0.1, -0.05) is 0 Å². The second-order valence-electron chi connectivity index (χ2n) is 5.13. The number of carbonyl (C=O) groups is 1. The van der Waals surface area contributed by atoms with E-state index in [0.717, 1.165) is 11.3 Å². The van der Waals surface area contributed by atoms with E-state index < -0.39 is 18.0 Å². The Balaban J connectivity index is 1.65. The number of fused-ring (bicyclic) bond motifs is 1. The van der Waals surface area contributed by atoms with E-state index in [4.69, 9.17) is 4.74 Å². The third kappa shape index (κ3) is 3.55. The van der Waals surface area contributed by atoms with Gasteiger partial charge in [-0.25, -0.2) is 33.2 Å². The lowest BCUT2D eigenvalue weighted by molar-refractivity contribution is 0.102.